The molecule has 2 aromatic rings. The predicted molar refractivity (Wildman–Crippen MR) is 69.1 cm³/mol. The van der Waals surface area contributed by atoms with Crippen LogP contribution in [0.2, 0.25) is 0 Å². The fourth-order valence-electron chi connectivity index (χ4n) is 1.83. The van der Waals surface area contributed by atoms with Gasteiger partial charge >= 0.3 is 5.97 Å². The molecule has 0 saturated carbocycles. The van der Waals surface area contributed by atoms with Crippen molar-refractivity contribution < 1.29 is 9.90 Å². The molecule has 1 N–H and O–H groups in total. The second-order valence-electron chi connectivity index (χ2n) is 4.16. The van der Waals surface area contributed by atoms with Crippen LogP contribution in [-0.4, -0.2) is 30.8 Å². The molecule has 0 atom stereocenters. The maximum atomic E-state index is 10.9. The second kappa shape index (κ2) is 5.60. The van der Waals surface area contributed by atoms with Gasteiger partial charge in [-0.2, -0.15) is 5.10 Å². The third-order valence-corrected chi connectivity index (χ3v) is 2.80. The van der Waals surface area contributed by atoms with Crippen molar-refractivity contribution >= 4 is 5.97 Å². The molecular weight excluding hydrogens is 244 g/mol. The number of aromatic nitrogens is 4. The Labute approximate surface area is 111 Å². The maximum absolute atomic E-state index is 10.9. The summed E-state index contributed by atoms with van der Waals surface area (Å²) in [6.07, 6.45) is 3.09. The lowest BCUT2D eigenvalue weighted by molar-refractivity contribution is 0.0690. The molecule has 0 saturated heterocycles. The van der Waals surface area contributed by atoms with Crippen LogP contribution in [0.1, 0.15) is 41.5 Å². The Kier molecular flexibility index (Phi) is 3.89. The summed E-state index contributed by atoms with van der Waals surface area (Å²) in [7, 11) is 0. The van der Waals surface area contributed by atoms with E-state index in [-0.39, 0.29) is 5.69 Å². The Morgan fingerprint density at radius 2 is 2.16 bits per heavy atom. The van der Waals surface area contributed by atoms with Crippen LogP contribution >= 0.6 is 0 Å². The van der Waals surface area contributed by atoms with Gasteiger partial charge in [-0.1, -0.05) is 13.8 Å². The Balaban J connectivity index is 2.27. The van der Waals surface area contributed by atoms with E-state index in [9.17, 15) is 4.79 Å². The number of pyridine rings is 1. The average Bonchev–Trinajstić information content (AvgIpc) is 2.81. The molecule has 0 aliphatic rings. The monoisotopic (exact) mass is 260 g/mol. The van der Waals surface area contributed by atoms with E-state index < -0.39 is 5.97 Å². The highest BCUT2D eigenvalue weighted by molar-refractivity contribution is 5.85. The lowest BCUT2D eigenvalue weighted by Crippen LogP contribution is -2.08. The van der Waals surface area contributed by atoms with Gasteiger partial charge in [0.15, 0.2) is 5.82 Å². The highest BCUT2D eigenvalue weighted by atomic mass is 16.4. The molecule has 0 aromatic carbocycles. The molecule has 0 fully saturated rings. The minimum atomic E-state index is -1.02. The lowest BCUT2D eigenvalue weighted by atomic mass is 10.2. The van der Waals surface area contributed by atoms with Crippen molar-refractivity contribution in [3.8, 4) is 0 Å². The normalized spacial score (nSPS) is 10.6. The van der Waals surface area contributed by atoms with Crippen molar-refractivity contribution in [3.63, 3.8) is 0 Å². The molecule has 0 amide bonds. The second-order valence-corrected chi connectivity index (χ2v) is 4.16. The minimum absolute atomic E-state index is 0.0476. The SMILES string of the molecule is CCc1nc(CC)n(Cc2ccnc(C(=O)O)c2)n1. The van der Waals surface area contributed by atoms with Crippen LogP contribution < -0.4 is 0 Å². The summed E-state index contributed by atoms with van der Waals surface area (Å²) in [5.74, 6) is 0.695. The summed E-state index contributed by atoms with van der Waals surface area (Å²) in [5, 5.41) is 13.3. The maximum Gasteiger partial charge on any atom is 0.354 e. The van der Waals surface area contributed by atoms with Gasteiger partial charge in [-0.3, -0.25) is 0 Å². The summed E-state index contributed by atoms with van der Waals surface area (Å²) in [4.78, 5) is 19.1. The standard InChI is InChI=1S/C13H16N4O2/c1-3-11-15-12(4-2)17(16-11)8-9-5-6-14-10(7-9)13(18)19/h5-7H,3-4,8H2,1-2H3,(H,18,19). The highest BCUT2D eigenvalue weighted by Gasteiger charge is 2.09. The molecule has 2 rings (SSSR count). The molecule has 0 radical (unpaired) electrons. The van der Waals surface area contributed by atoms with Crippen LogP contribution in [0.25, 0.3) is 0 Å². The molecule has 0 aliphatic carbocycles. The molecule has 6 heteroatoms. The van der Waals surface area contributed by atoms with E-state index in [1.807, 2.05) is 18.5 Å². The van der Waals surface area contributed by atoms with Gasteiger partial charge in [0.1, 0.15) is 11.5 Å². The number of carboxylic acid groups (broad SMARTS) is 1. The number of aryl methyl sites for hydroxylation is 2. The van der Waals surface area contributed by atoms with Gasteiger partial charge in [0, 0.05) is 19.0 Å². The quantitative estimate of drug-likeness (QED) is 0.882. The van der Waals surface area contributed by atoms with Crippen molar-refractivity contribution in [2.75, 3.05) is 0 Å². The van der Waals surface area contributed by atoms with Crippen molar-refractivity contribution in [2.24, 2.45) is 0 Å². The summed E-state index contributed by atoms with van der Waals surface area (Å²) in [6.45, 7) is 4.54. The lowest BCUT2D eigenvalue weighted by Gasteiger charge is -2.05. The van der Waals surface area contributed by atoms with Crippen LogP contribution in [0.3, 0.4) is 0 Å². The number of carboxylic acids is 1. The first-order chi connectivity index (χ1) is 9.13. The van der Waals surface area contributed by atoms with Crippen molar-refractivity contribution in [1.82, 2.24) is 19.7 Å². The van der Waals surface area contributed by atoms with Crippen molar-refractivity contribution in [2.45, 2.75) is 33.2 Å². The molecular formula is C13H16N4O2. The molecule has 0 spiro atoms. The Morgan fingerprint density at radius 3 is 2.79 bits per heavy atom. The first-order valence-electron chi connectivity index (χ1n) is 6.24. The van der Waals surface area contributed by atoms with E-state index in [2.05, 4.69) is 15.1 Å². The molecule has 0 aliphatic heterocycles. The fourth-order valence-corrected chi connectivity index (χ4v) is 1.83. The molecule has 100 valence electrons. The number of carbonyl (C=O) groups is 1. The Bertz CT molecular complexity index is 592. The zero-order chi connectivity index (χ0) is 13.8. The minimum Gasteiger partial charge on any atom is -0.477 e. The Morgan fingerprint density at radius 1 is 1.37 bits per heavy atom. The molecule has 19 heavy (non-hydrogen) atoms. The van der Waals surface area contributed by atoms with Gasteiger partial charge in [-0.25, -0.2) is 19.4 Å². The fraction of sp³-hybridized carbons (Fsp3) is 0.385. The third-order valence-electron chi connectivity index (χ3n) is 2.80. The topological polar surface area (TPSA) is 80.9 Å². The molecule has 2 heterocycles. The number of aromatic carboxylic acids is 1. The van der Waals surface area contributed by atoms with Crippen LogP contribution in [-0.2, 0) is 19.4 Å². The van der Waals surface area contributed by atoms with E-state index in [1.165, 1.54) is 6.20 Å². The number of rotatable bonds is 5. The van der Waals surface area contributed by atoms with E-state index in [4.69, 9.17) is 5.11 Å². The van der Waals surface area contributed by atoms with Gasteiger partial charge in [0.05, 0.1) is 6.54 Å². The molecule has 0 unspecified atom stereocenters. The highest BCUT2D eigenvalue weighted by Crippen LogP contribution is 2.08. The summed E-state index contributed by atoms with van der Waals surface area (Å²) < 4.78 is 1.82. The van der Waals surface area contributed by atoms with E-state index in [0.29, 0.717) is 6.54 Å². The summed E-state index contributed by atoms with van der Waals surface area (Å²) in [6, 6.07) is 3.36. The average molecular weight is 260 g/mol. The molecule has 2 aromatic heterocycles. The summed E-state index contributed by atoms with van der Waals surface area (Å²) in [5.41, 5.74) is 0.904. The van der Waals surface area contributed by atoms with Crippen LogP contribution in [0, 0.1) is 0 Å². The molecule has 0 bridgehead atoms. The number of hydrogen-bond acceptors (Lipinski definition) is 4. The van der Waals surface area contributed by atoms with Gasteiger partial charge in [0.25, 0.3) is 0 Å². The zero-order valence-electron chi connectivity index (χ0n) is 11.0. The van der Waals surface area contributed by atoms with Gasteiger partial charge in [-0.05, 0) is 17.7 Å². The van der Waals surface area contributed by atoms with Gasteiger partial charge in [0.2, 0.25) is 0 Å². The first kappa shape index (κ1) is 13.2. The third kappa shape index (κ3) is 2.96. The van der Waals surface area contributed by atoms with Crippen LogP contribution in [0.5, 0.6) is 0 Å². The van der Waals surface area contributed by atoms with Gasteiger partial charge < -0.3 is 5.11 Å². The van der Waals surface area contributed by atoms with E-state index in [1.54, 1.807) is 12.1 Å². The summed E-state index contributed by atoms with van der Waals surface area (Å²) >= 11 is 0. The van der Waals surface area contributed by atoms with E-state index >= 15 is 0 Å². The molecule has 6 nitrogen and oxygen atoms in total. The van der Waals surface area contributed by atoms with Crippen LogP contribution in [0.4, 0.5) is 0 Å². The van der Waals surface area contributed by atoms with Crippen LogP contribution in [0.15, 0.2) is 18.3 Å². The smallest absolute Gasteiger partial charge is 0.354 e. The van der Waals surface area contributed by atoms with E-state index in [0.717, 1.165) is 30.1 Å². The largest absolute Gasteiger partial charge is 0.477 e. The number of nitrogens with zero attached hydrogens (tertiary/aromatic N) is 4. The van der Waals surface area contributed by atoms with Gasteiger partial charge in [-0.15, -0.1) is 0 Å². The number of hydrogen-bond donors (Lipinski definition) is 1. The zero-order valence-corrected chi connectivity index (χ0v) is 11.0. The first-order valence-corrected chi connectivity index (χ1v) is 6.24. The van der Waals surface area contributed by atoms with Crippen molar-refractivity contribution in [3.05, 3.63) is 41.2 Å². The predicted octanol–water partition coefficient (Wildman–Crippen LogP) is 1.54. The van der Waals surface area contributed by atoms with Crippen molar-refractivity contribution in [1.29, 1.82) is 0 Å². The Hall–Kier alpha value is -2.24.